The zero-order valence-corrected chi connectivity index (χ0v) is 12.0. The minimum atomic E-state index is -0.0211. The van der Waals surface area contributed by atoms with Crippen molar-refractivity contribution in [3.8, 4) is 0 Å². The molecule has 2 aliphatic heterocycles. The second kappa shape index (κ2) is 5.10. The van der Waals surface area contributed by atoms with Crippen LogP contribution in [0.2, 0.25) is 0 Å². The molecular weight excluding hydrogens is 268 g/mol. The number of aryl methyl sites for hydroxylation is 1. The Kier molecular flexibility index (Phi) is 3.26. The van der Waals surface area contributed by atoms with Crippen molar-refractivity contribution >= 4 is 5.84 Å². The standard InChI is InChI=1S/C14H18N6O/c1-9-5-13-17-11(15)6-12(20(13)18-9)16-7-10-3-4-14(21)19(2)8-10/h3-6,8-9,16,18H,7H2,1-2H3,(H2,15,17). The monoisotopic (exact) mass is 286 g/mol. The molecule has 1 unspecified atom stereocenters. The Morgan fingerprint density at radius 1 is 1.48 bits per heavy atom. The highest BCUT2D eigenvalue weighted by molar-refractivity contribution is 5.93. The first-order valence-electron chi connectivity index (χ1n) is 6.76. The molecule has 7 nitrogen and oxygen atoms in total. The molecule has 0 bridgehead atoms. The predicted octanol–water partition coefficient (Wildman–Crippen LogP) is -0.263. The molecule has 0 saturated heterocycles. The van der Waals surface area contributed by atoms with Gasteiger partial charge in [-0.1, -0.05) is 6.07 Å². The summed E-state index contributed by atoms with van der Waals surface area (Å²) in [5, 5.41) is 5.19. The lowest BCUT2D eigenvalue weighted by molar-refractivity contribution is 0.297. The van der Waals surface area contributed by atoms with Gasteiger partial charge in [-0.25, -0.2) is 15.4 Å². The van der Waals surface area contributed by atoms with Gasteiger partial charge >= 0.3 is 0 Å². The van der Waals surface area contributed by atoms with Gasteiger partial charge in [0.25, 0.3) is 0 Å². The van der Waals surface area contributed by atoms with Crippen molar-refractivity contribution in [1.82, 2.24) is 20.3 Å². The molecule has 0 radical (unpaired) electrons. The molecule has 110 valence electrons. The molecule has 0 aliphatic carbocycles. The minimum absolute atomic E-state index is 0.0211. The smallest absolute Gasteiger partial charge is 0.250 e. The molecule has 2 aliphatic rings. The number of hydrogen-bond donors (Lipinski definition) is 3. The fourth-order valence-corrected chi connectivity index (χ4v) is 2.33. The summed E-state index contributed by atoms with van der Waals surface area (Å²) in [4.78, 5) is 15.7. The van der Waals surface area contributed by atoms with Crippen LogP contribution in [0.15, 0.2) is 51.9 Å². The Bertz CT molecular complexity index is 714. The van der Waals surface area contributed by atoms with E-state index in [0.29, 0.717) is 12.4 Å². The number of pyridine rings is 1. The highest BCUT2D eigenvalue weighted by atomic mass is 16.1. The van der Waals surface area contributed by atoms with E-state index in [1.807, 2.05) is 30.3 Å². The third kappa shape index (κ3) is 2.68. The van der Waals surface area contributed by atoms with Crippen molar-refractivity contribution < 1.29 is 0 Å². The van der Waals surface area contributed by atoms with Gasteiger partial charge in [0.2, 0.25) is 5.56 Å². The van der Waals surface area contributed by atoms with E-state index in [1.165, 1.54) is 0 Å². The number of fused-ring (bicyclic) bond motifs is 1. The molecule has 1 aromatic heterocycles. The normalized spacial score (nSPS) is 20.6. The first-order valence-corrected chi connectivity index (χ1v) is 6.76. The van der Waals surface area contributed by atoms with E-state index < -0.39 is 0 Å². The number of aliphatic imine (C=N–C) groups is 1. The molecule has 4 N–H and O–H groups in total. The Balaban J connectivity index is 1.75. The van der Waals surface area contributed by atoms with Crippen LogP contribution in [0.5, 0.6) is 0 Å². The molecular formula is C14H18N6O. The van der Waals surface area contributed by atoms with Crippen LogP contribution in [0, 0.1) is 0 Å². The van der Waals surface area contributed by atoms with Crippen molar-refractivity contribution in [1.29, 1.82) is 0 Å². The number of rotatable bonds is 3. The maximum atomic E-state index is 11.4. The van der Waals surface area contributed by atoms with Crippen LogP contribution >= 0.6 is 0 Å². The van der Waals surface area contributed by atoms with Crippen molar-refractivity contribution in [2.24, 2.45) is 17.8 Å². The van der Waals surface area contributed by atoms with Crippen LogP contribution in [0.1, 0.15) is 12.5 Å². The summed E-state index contributed by atoms with van der Waals surface area (Å²) in [6, 6.07) is 3.58. The van der Waals surface area contributed by atoms with E-state index in [9.17, 15) is 4.79 Å². The lowest BCUT2D eigenvalue weighted by Gasteiger charge is -2.27. The zero-order chi connectivity index (χ0) is 15.0. The maximum Gasteiger partial charge on any atom is 0.250 e. The third-order valence-corrected chi connectivity index (χ3v) is 3.35. The Hall–Kier alpha value is -2.54. The van der Waals surface area contributed by atoms with Gasteiger partial charge in [0, 0.05) is 38.0 Å². The van der Waals surface area contributed by atoms with Crippen LogP contribution in [0.3, 0.4) is 0 Å². The van der Waals surface area contributed by atoms with E-state index >= 15 is 0 Å². The minimum Gasteiger partial charge on any atom is -0.384 e. The quantitative estimate of drug-likeness (QED) is 0.712. The molecule has 3 heterocycles. The Morgan fingerprint density at radius 3 is 3.05 bits per heavy atom. The molecule has 0 aromatic carbocycles. The van der Waals surface area contributed by atoms with Gasteiger partial charge in [-0.2, -0.15) is 0 Å². The van der Waals surface area contributed by atoms with Gasteiger partial charge < -0.3 is 15.6 Å². The fraction of sp³-hybridized carbons (Fsp3) is 0.286. The highest BCUT2D eigenvalue weighted by Crippen LogP contribution is 2.21. The average Bonchev–Trinajstić information content (AvgIpc) is 2.80. The molecule has 7 heteroatoms. The molecule has 0 amide bonds. The summed E-state index contributed by atoms with van der Waals surface area (Å²) in [5.41, 5.74) is 10.1. The number of amidine groups is 1. The van der Waals surface area contributed by atoms with Crippen LogP contribution in [0.4, 0.5) is 0 Å². The molecule has 0 fully saturated rings. The van der Waals surface area contributed by atoms with E-state index in [-0.39, 0.29) is 11.6 Å². The number of nitrogens with two attached hydrogens (primary N) is 1. The van der Waals surface area contributed by atoms with Gasteiger partial charge in [-0.05, 0) is 18.6 Å². The molecule has 3 rings (SSSR count). The van der Waals surface area contributed by atoms with Gasteiger partial charge in [0.1, 0.15) is 17.5 Å². The second-order valence-electron chi connectivity index (χ2n) is 5.18. The van der Waals surface area contributed by atoms with E-state index in [1.54, 1.807) is 23.8 Å². The van der Waals surface area contributed by atoms with Crippen molar-refractivity contribution in [3.05, 3.63) is 58.0 Å². The maximum absolute atomic E-state index is 11.4. The van der Waals surface area contributed by atoms with Gasteiger partial charge in [-0.3, -0.25) is 4.79 Å². The molecule has 0 spiro atoms. The lowest BCUT2D eigenvalue weighted by Crippen LogP contribution is -2.42. The lowest BCUT2D eigenvalue weighted by atomic mass is 10.3. The van der Waals surface area contributed by atoms with E-state index in [0.717, 1.165) is 17.2 Å². The average molecular weight is 286 g/mol. The molecule has 21 heavy (non-hydrogen) atoms. The fourth-order valence-electron chi connectivity index (χ4n) is 2.33. The third-order valence-electron chi connectivity index (χ3n) is 3.35. The molecule has 0 saturated carbocycles. The second-order valence-corrected chi connectivity index (χ2v) is 5.18. The number of nitrogens with zero attached hydrogens (tertiary/aromatic N) is 3. The van der Waals surface area contributed by atoms with Crippen molar-refractivity contribution in [3.63, 3.8) is 0 Å². The summed E-state index contributed by atoms with van der Waals surface area (Å²) in [5.74, 6) is 2.11. The van der Waals surface area contributed by atoms with Gasteiger partial charge in [0.15, 0.2) is 0 Å². The highest BCUT2D eigenvalue weighted by Gasteiger charge is 2.25. The van der Waals surface area contributed by atoms with E-state index in [4.69, 9.17) is 5.73 Å². The Morgan fingerprint density at radius 2 is 2.29 bits per heavy atom. The predicted molar refractivity (Wildman–Crippen MR) is 80.7 cm³/mol. The number of aromatic nitrogens is 1. The Labute approximate surface area is 122 Å². The number of nitrogens with one attached hydrogen (secondary N) is 2. The van der Waals surface area contributed by atoms with Gasteiger partial charge in [-0.15, -0.1) is 0 Å². The number of hydrogen-bond acceptors (Lipinski definition) is 6. The van der Waals surface area contributed by atoms with Crippen molar-refractivity contribution in [2.75, 3.05) is 0 Å². The number of hydrazine groups is 1. The summed E-state index contributed by atoms with van der Waals surface area (Å²) < 4.78 is 1.56. The molecule has 1 aromatic rings. The summed E-state index contributed by atoms with van der Waals surface area (Å²) >= 11 is 0. The topological polar surface area (TPSA) is 87.7 Å². The first kappa shape index (κ1) is 13.4. The van der Waals surface area contributed by atoms with Crippen LogP contribution in [-0.4, -0.2) is 21.5 Å². The molecule has 1 atom stereocenters. The summed E-state index contributed by atoms with van der Waals surface area (Å²) in [6.07, 6.45) is 5.60. The summed E-state index contributed by atoms with van der Waals surface area (Å²) in [6.45, 7) is 2.63. The summed E-state index contributed by atoms with van der Waals surface area (Å²) in [7, 11) is 1.74. The van der Waals surface area contributed by atoms with Gasteiger partial charge in [0.05, 0.1) is 0 Å². The zero-order valence-electron chi connectivity index (χ0n) is 12.0. The SMILES string of the molecule is CC1C=C2N=C(N)C=C(NCc3ccc(=O)n(C)c3)N2N1. The van der Waals surface area contributed by atoms with Crippen LogP contribution in [0.25, 0.3) is 0 Å². The first-order chi connectivity index (χ1) is 10.0. The van der Waals surface area contributed by atoms with Crippen LogP contribution in [-0.2, 0) is 13.6 Å². The van der Waals surface area contributed by atoms with Crippen molar-refractivity contribution in [2.45, 2.75) is 19.5 Å². The van der Waals surface area contributed by atoms with Crippen LogP contribution < -0.4 is 22.0 Å². The van der Waals surface area contributed by atoms with E-state index in [2.05, 4.69) is 15.7 Å². The largest absolute Gasteiger partial charge is 0.384 e.